The van der Waals surface area contributed by atoms with E-state index in [1.54, 1.807) is 39.0 Å². The van der Waals surface area contributed by atoms with Gasteiger partial charge in [0.25, 0.3) is 15.6 Å². The molecule has 1 amide bonds. The Labute approximate surface area is 219 Å². The van der Waals surface area contributed by atoms with Gasteiger partial charge in [-0.2, -0.15) is 5.10 Å². The number of nitrogens with one attached hydrogen (secondary N) is 2. The van der Waals surface area contributed by atoms with E-state index in [2.05, 4.69) is 20.3 Å². The van der Waals surface area contributed by atoms with E-state index in [9.17, 15) is 18.0 Å². The van der Waals surface area contributed by atoms with Crippen molar-refractivity contribution < 1.29 is 22.5 Å². The maximum atomic E-state index is 12.9. The number of carbonyl (C=O) groups excluding carboxylic acids is 1. The summed E-state index contributed by atoms with van der Waals surface area (Å²) < 4.78 is 39.3. The Morgan fingerprint density at radius 1 is 1.05 bits per heavy atom. The summed E-state index contributed by atoms with van der Waals surface area (Å²) in [4.78, 5) is 25.4. The fourth-order valence-corrected chi connectivity index (χ4v) is 4.56. The van der Waals surface area contributed by atoms with Gasteiger partial charge in [0.15, 0.2) is 0 Å². The number of rotatable bonds is 9. The number of sulfonamides is 1. The van der Waals surface area contributed by atoms with Crippen LogP contribution in [0.25, 0.3) is 11.3 Å². The van der Waals surface area contributed by atoms with Gasteiger partial charge in [-0.15, -0.1) is 0 Å². The Kier molecular flexibility index (Phi) is 7.62. The summed E-state index contributed by atoms with van der Waals surface area (Å²) in [7, 11) is -3.93. The van der Waals surface area contributed by atoms with E-state index in [4.69, 9.17) is 9.26 Å². The first-order chi connectivity index (χ1) is 18.1. The van der Waals surface area contributed by atoms with Crippen LogP contribution in [0.15, 0.2) is 74.9 Å². The molecule has 0 bridgehead atoms. The summed E-state index contributed by atoms with van der Waals surface area (Å²) in [5, 5.41) is 10.8. The van der Waals surface area contributed by atoms with Gasteiger partial charge in [-0.05, 0) is 82.3 Å². The monoisotopic (exact) mass is 537 g/mol. The molecule has 0 aliphatic rings. The molecule has 0 fully saturated rings. The Hall–Kier alpha value is -4.45. The van der Waals surface area contributed by atoms with Crippen LogP contribution in [0.4, 0.5) is 11.6 Å². The predicted molar refractivity (Wildman–Crippen MR) is 142 cm³/mol. The molecule has 11 nitrogen and oxygen atoms in total. The molecule has 198 valence electrons. The topological polar surface area (TPSA) is 145 Å². The Morgan fingerprint density at radius 2 is 1.74 bits per heavy atom. The molecule has 12 heteroatoms. The van der Waals surface area contributed by atoms with Crippen molar-refractivity contribution in [1.82, 2.24) is 14.9 Å². The average Bonchev–Trinajstić information content (AvgIpc) is 3.21. The van der Waals surface area contributed by atoms with E-state index in [-0.39, 0.29) is 10.8 Å². The molecule has 0 aliphatic carbocycles. The number of nitrogens with zero attached hydrogens (tertiary/aromatic N) is 3. The highest BCUT2D eigenvalue weighted by Crippen LogP contribution is 2.23. The third-order valence-corrected chi connectivity index (χ3v) is 7.20. The van der Waals surface area contributed by atoms with Crippen LogP contribution in [0.2, 0.25) is 0 Å². The number of hydrogen-bond donors (Lipinski definition) is 2. The SMILES string of the molecule is CCOc1ccc(-c2ccc(=O)n(C(C)C(=O)Nc3ccc(S(=O)(=O)Nc4onc(C)c4C)cc3)n2)cc1. The van der Waals surface area contributed by atoms with Crippen molar-refractivity contribution in [2.75, 3.05) is 16.6 Å². The van der Waals surface area contributed by atoms with Crippen LogP contribution in [0.1, 0.15) is 31.1 Å². The number of anilines is 2. The standard InChI is InChI=1S/C26H27N5O6S/c1-5-36-21-10-6-19(7-11-21)23-14-15-24(32)31(28-23)18(4)25(33)27-20-8-12-22(13-9-20)38(34,35)30-26-16(2)17(3)29-37-26/h6-15,18,30H,5H2,1-4H3,(H,27,33). The Morgan fingerprint density at radius 3 is 2.34 bits per heavy atom. The Bertz CT molecular complexity index is 1610. The highest BCUT2D eigenvalue weighted by molar-refractivity contribution is 7.92. The number of carbonyl (C=O) groups is 1. The largest absolute Gasteiger partial charge is 0.494 e. The molecule has 4 aromatic rings. The average molecular weight is 538 g/mol. The quantitative estimate of drug-likeness (QED) is 0.327. The zero-order chi connectivity index (χ0) is 27.4. The van der Waals surface area contributed by atoms with Crippen molar-refractivity contribution in [3.8, 4) is 17.0 Å². The third kappa shape index (κ3) is 5.75. The van der Waals surface area contributed by atoms with Gasteiger partial charge in [0.1, 0.15) is 11.8 Å². The second-order valence-corrected chi connectivity index (χ2v) is 10.2. The molecule has 1 unspecified atom stereocenters. The number of hydrogen-bond acceptors (Lipinski definition) is 8. The zero-order valence-electron chi connectivity index (χ0n) is 21.3. The highest BCUT2D eigenvalue weighted by Gasteiger charge is 2.21. The molecular weight excluding hydrogens is 510 g/mol. The van der Waals surface area contributed by atoms with Crippen LogP contribution >= 0.6 is 0 Å². The second-order valence-electron chi connectivity index (χ2n) is 8.48. The van der Waals surface area contributed by atoms with Crippen LogP contribution in [0.5, 0.6) is 5.75 Å². The molecule has 38 heavy (non-hydrogen) atoms. The van der Waals surface area contributed by atoms with Gasteiger partial charge in [0.05, 0.1) is 22.9 Å². The smallest absolute Gasteiger partial charge is 0.267 e. The first-order valence-electron chi connectivity index (χ1n) is 11.8. The maximum absolute atomic E-state index is 12.9. The minimum Gasteiger partial charge on any atom is -0.494 e. The molecule has 4 rings (SSSR count). The van der Waals surface area contributed by atoms with Crippen molar-refractivity contribution in [2.45, 2.75) is 38.6 Å². The lowest BCUT2D eigenvalue weighted by Crippen LogP contribution is -2.33. The molecular formula is C26H27N5O6S. The van der Waals surface area contributed by atoms with Crippen molar-refractivity contribution >= 4 is 27.5 Å². The molecule has 2 aromatic carbocycles. The first kappa shape index (κ1) is 26.6. The van der Waals surface area contributed by atoms with Crippen LogP contribution in [-0.2, 0) is 14.8 Å². The van der Waals surface area contributed by atoms with Crippen molar-refractivity contribution in [1.29, 1.82) is 0 Å². The molecule has 0 spiro atoms. The normalized spacial score (nSPS) is 12.1. The fraction of sp³-hybridized carbons (Fsp3) is 0.231. The molecule has 2 N–H and O–H groups in total. The van der Waals surface area contributed by atoms with E-state index in [0.717, 1.165) is 16.0 Å². The summed E-state index contributed by atoms with van der Waals surface area (Å²) in [5.41, 5.74) is 2.36. The lowest BCUT2D eigenvalue weighted by molar-refractivity contribution is -0.119. The third-order valence-electron chi connectivity index (χ3n) is 5.85. The van der Waals surface area contributed by atoms with Crippen LogP contribution in [0, 0.1) is 13.8 Å². The minimum atomic E-state index is -3.93. The molecule has 2 aromatic heterocycles. The van der Waals surface area contributed by atoms with E-state index in [1.165, 1.54) is 30.3 Å². The molecule has 0 radical (unpaired) electrons. The summed E-state index contributed by atoms with van der Waals surface area (Å²) >= 11 is 0. The van der Waals surface area contributed by atoms with Gasteiger partial charge in [-0.25, -0.2) is 17.8 Å². The molecule has 2 heterocycles. The lowest BCUT2D eigenvalue weighted by Gasteiger charge is -2.15. The zero-order valence-corrected chi connectivity index (χ0v) is 22.1. The minimum absolute atomic E-state index is 0.0297. The van der Waals surface area contributed by atoms with E-state index in [0.29, 0.717) is 29.2 Å². The van der Waals surface area contributed by atoms with Gasteiger partial charge in [0, 0.05) is 22.9 Å². The molecule has 0 saturated heterocycles. The Balaban J connectivity index is 1.47. The number of benzene rings is 2. The summed E-state index contributed by atoms with van der Waals surface area (Å²) in [6.45, 7) is 7.39. The molecule has 0 aliphatic heterocycles. The summed E-state index contributed by atoms with van der Waals surface area (Å²) in [5.74, 6) is 0.263. The van der Waals surface area contributed by atoms with E-state index < -0.39 is 27.5 Å². The van der Waals surface area contributed by atoms with Crippen LogP contribution in [-0.4, -0.2) is 35.9 Å². The maximum Gasteiger partial charge on any atom is 0.267 e. The number of amides is 1. The highest BCUT2D eigenvalue weighted by atomic mass is 32.2. The van der Waals surface area contributed by atoms with Gasteiger partial charge in [-0.3, -0.25) is 9.59 Å². The van der Waals surface area contributed by atoms with Gasteiger partial charge >= 0.3 is 0 Å². The molecule has 1 atom stereocenters. The number of ether oxygens (including phenoxy) is 1. The van der Waals surface area contributed by atoms with E-state index >= 15 is 0 Å². The summed E-state index contributed by atoms with van der Waals surface area (Å²) in [6.07, 6.45) is 0. The van der Waals surface area contributed by atoms with Crippen LogP contribution in [0.3, 0.4) is 0 Å². The van der Waals surface area contributed by atoms with Crippen LogP contribution < -0.4 is 20.3 Å². The van der Waals surface area contributed by atoms with Gasteiger partial charge in [-0.1, -0.05) is 5.16 Å². The van der Waals surface area contributed by atoms with Gasteiger partial charge in [0.2, 0.25) is 11.8 Å². The first-order valence-corrected chi connectivity index (χ1v) is 13.3. The number of aromatic nitrogens is 3. The van der Waals surface area contributed by atoms with Crippen molar-refractivity contribution in [3.63, 3.8) is 0 Å². The lowest BCUT2D eigenvalue weighted by atomic mass is 10.1. The van der Waals surface area contributed by atoms with E-state index in [1.807, 2.05) is 19.1 Å². The van der Waals surface area contributed by atoms with Crippen molar-refractivity contribution in [2.24, 2.45) is 0 Å². The number of aryl methyl sites for hydroxylation is 1. The predicted octanol–water partition coefficient (Wildman–Crippen LogP) is 3.91. The van der Waals surface area contributed by atoms with Crippen molar-refractivity contribution in [3.05, 3.63) is 82.3 Å². The second kappa shape index (κ2) is 10.9. The summed E-state index contributed by atoms with van der Waals surface area (Å²) in [6, 6.07) is 14.8. The fourth-order valence-electron chi connectivity index (χ4n) is 3.51. The molecule has 0 saturated carbocycles. The van der Waals surface area contributed by atoms with Gasteiger partial charge < -0.3 is 14.6 Å².